The molecule has 0 atom stereocenters. The highest BCUT2D eigenvalue weighted by Gasteiger charge is 2.30. The van der Waals surface area contributed by atoms with E-state index in [1.807, 2.05) is 0 Å². The first-order chi connectivity index (χ1) is 13.1. The predicted octanol–water partition coefficient (Wildman–Crippen LogP) is 1.86. The highest BCUT2D eigenvalue weighted by molar-refractivity contribution is 7.90. The Balaban J connectivity index is 2.33. The second-order valence-corrected chi connectivity index (χ2v) is 7.43. The summed E-state index contributed by atoms with van der Waals surface area (Å²) < 4.78 is 61.1. The lowest BCUT2D eigenvalue weighted by Gasteiger charge is -2.09. The van der Waals surface area contributed by atoms with Gasteiger partial charge in [-0.25, -0.2) is 21.8 Å². The fraction of sp³-hybridized carbons (Fsp3) is 0.250. The van der Waals surface area contributed by atoms with Gasteiger partial charge in [-0.05, 0) is 31.9 Å². The molecule has 2 N–H and O–H groups in total. The number of sulfonamides is 1. The molecule has 1 aromatic heterocycles. The zero-order chi connectivity index (χ0) is 21.1. The fourth-order valence-corrected chi connectivity index (χ4v) is 3.72. The van der Waals surface area contributed by atoms with Gasteiger partial charge in [0.1, 0.15) is 22.5 Å². The van der Waals surface area contributed by atoms with Crippen molar-refractivity contribution in [2.24, 2.45) is 7.05 Å². The first-order valence-corrected chi connectivity index (χ1v) is 9.58. The summed E-state index contributed by atoms with van der Waals surface area (Å²) in [6.07, 6.45) is 0.955. The molecule has 0 saturated heterocycles. The molecule has 0 saturated carbocycles. The van der Waals surface area contributed by atoms with Gasteiger partial charge in [-0.15, -0.1) is 0 Å². The van der Waals surface area contributed by atoms with Crippen molar-refractivity contribution < 1.29 is 26.6 Å². The molecule has 1 aromatic carbocycles. The number of nitriles is 1. The minimum atomic E-state index is -4.28. The van der Waals surface area contributed by atoms with E-state index in [4.69, 9.17) is 9.92 Å². The van der Waals surface area contributed by atoms with Crippen LogP contribution in [-0.2, 0) is 21.7 Å². The zero-order valence-corrected chi connectivity index (χ0v) is 16.1. The summed E-state index contributed by atoms with van der Waals surface area (Å²) in [5, 5.41) is 11.1. The number of hydrogen-bond acceptors (Lipinski definition) is 5. The number of anilines is 1. The number of benzene rings is 1. The van der Waals surface area contributed by atoms with Crippen LogP contribution in [0.15, 0.2) is 29.3 Å². The molecule has 0 fully saturated rings. The molecule has 8 nitrogen and oxygen atoms in total. The molecule has 0 aliphatic rings. The van der Waals surface area contributed by atoms with Gasteiger partial charge in [0.2, 0.25) is 10.0 Å². The van der Waals surface area contributed by atoms with Gasteiger partial charge in [-0.3, -0.25) is 4.79 Å². The Bertz CT molecular complexity index is 1050. The van der Waals surface area contributed by atoms with Gasteiger partial charge in [0, 0.05) is 25.5 Å². The maximum Gasteiger partial charge on any atom is 0.390 e. The molecule has 0 aliphatic heterocycles. The maximum atomic E-state index is 14.7. The van der Waals surface area contributed by atoms with Crippen LogP contribution in [0.5, 0.6) is 0 Å². The van der Waals surface area contributed by atoms with Gasteiger partial charge in [-0.1, -0.05) is 0 Å². The normalized spacial score (nSPS) is 11.1. The Hall–Kier alpha value is -2.75. The quantitative estimate of drug-likeness (QED) is 0.677. The van der Waals surface area contributed by atoms with E-state index >= 15 is 0 Å². The maximum absolute atomic E-state index is 14.7. The van der Waals surface area contributed by atoms with Crippen molar-refractivity contribution in [1.82, 2.24) is 9.20 Å². The lowest BCUT2D eigenvalue weighted by Crippen LogP contribution is -2.39. The molecule has 2 aromatic rings. The fourth-order valence-electron chi connectivity index (χ4n) is 2.46. The molecule has 12 heteroatoms. The van der Waals surface area contributed by atoms with Crippen LogP contribution < -0.4 is 9.95 Å². The Kier molecular flexibility index (Phi) is 6.55. The standard InChI is InChI=1S/C16H17BF2N4O4S/c1-4-27-17(2)22-28(25,26)13-9-23(3)15(14(13)19)16(24)21-11-5-6-12(18)10(7-11)8-20/h5-7,9,22H,4H2,1-3H3,(H,21,24). The molecule has 0 spiro atoms. The number of nitrogens with zero attached hydrogens (tertiary/aromatic N) is 2. The third kappa shape index (κ3) is 4.56. The molecule has 1 amide bonds. The van der Waals surface area contributed by atoms with E-state index in [1.165, 1.54) is 19.9 Å². The topological polar surface area (TPSA) is 113 Å². The van der Waals surface area contributed by atoms with E-state index < -0.39 is 45.2 Å². The second kappa shape index (κ2) is 8.51. The third-order valence-corrected chi connectivity index (χ3v) is 5.18. The summed E-state index contributed by atoms with van der Waals surface area (Å²) in [5.41, 5.74) is -0.800. The molecule has 0 radical (unpaired) electrons. The SMILES string of the molecule is CCOB(C)NS(=O)(=O)c1cn(C)c(C(=O)Nc2ccc(F)c(C#N)c2)c1F. The average molecular weight is 410 g/mol. The molecular weight excluding hydrogens is 393 g/mol. The van der Waals surface area contributed by atoms with Gasteiger partial charge < -0.3 is 14.5 Å². The third-order valence-electron chi connectivity index (χ3n) is 3.67. The van der Waals surface area contributed by atoms with Crippen LogP contribution in [0.2, 0.25) is 6.82 Å². The van der Waals surface area contributed by atoms with Crippen molar-refractivity contribution in [3.8, 4) is 6.07 Å². The van der Waals surface area contributed by atoms with Crippen LogP contribution in [0.3, 0.4) is 0 Å². The van der Waals surface area contributed by atoms with Gasteiger partial charge in [-0.2, -0.15) is 5.26 Å². The van der Waals surface area contributed by atoms with Crippen LogP contribution in [0.4, 0.5) is 14.5 Å². The second-order valence-electron chi connectivity index (χ2n) is 5.75. The van der Waals surface area contributed by atoms with Crippen LogP contribution in [0, 0.1) is 23.0 Å². The van der Waals surface area contributed by atoms with Crippen molar-refractivity contribution in [3.63, 3.8) is 0 Å². The number of nitrogens with one attached hydrogen (secondary N) is 2. The number of hydrogen-bond donors (Lipinski definition) is 2. The van der Waals surface area contributed by atoms with E-state index in [-0.39, 0.29) is 17.9 Å². The Morgan fingerprint density at radius 3 is 2.68 bits per heavy atom. The molecule has 0 bridgehead atoms. The van der Waals surface area contributed by atoms with E-state index in [0.29, 0.717) is 0 Å². The minimum Gasteiger partial charge on any atom is -0.421 e. The zero-order valence-electron chi connectivity index (χ0n) is 15.3. The Labute approximate surface area is 161 Å². The van der Waals surface area contributed by atoms with Crippen LogP contribution in [-0.4, -0.2) is 32.5 Å². The monoisotopic (exact) mass is 410 g/mol. The summed E-state index contributed by atoms with van der Waals surface area (Å²) in [6.45, 7) is 3.36. The van der Waals surface area contributed by atoms with Gasteiger partial charge >= 0.3 is 7.05 Å². The van der Waals surface area contributed by atoms with Crippen molar-refractivity contribution in [3.05, 3.63) is 47.3 Å². The van der Waals surface area contributed by atoms with Gasteiger partial charge in [0.15, 0.2) is 5.82 Å². The molecular formula is C16H17BF2N4O4S. The highest BCUT2D eigenvalue weighted by atomic mass is 32.2. The molecule has 28 heavy (non-hydrogen) atoms. The lowest BCUT2D eigenvalue weighted by molar-refractivity contribution is 0.101. The van der Waals surface area contributed by atoms with Crippen molar-refractivity contribution in [1.29, 1.82) is 5.26 Å². The summed E-state index contributed by atoms with van der Waals surface area (Å²) in [7, 11) is -3.87. The number of aromatic nitrogens is 1. The number of amides is 1. The number of aryl methyl sites for hydroxylation is 1. The molecule has 0 unspecified atom stereocenters. The largest absolute Gasteiger partial charge is 0.421 e. The number of halogens is 2. The number of carbonyl (C=O) groups is 1. The first-order valence-electron chi connectivity index (χ1n) is 8.10. The van der Waals surface area contributed by atoms with E-state index in [2.05, 4.69) is 9.95 Å². The predicted molar refractivity (Wildman–Crippen MR) is 98.0 cm³/mol. The van der Waals surface area contributed by atoms with E-state index in [0.717, 1.165) is 22.9 Å². The van der Waals surface area contributed by atoms with Gasteiger partial charge in [0.05, 0.1) is 5.56 Å². The van der Waals surface area contributed by atoms with E-state index in [1.54, 1.807) is 13.0 Å². The Morgan fingerprint density at radius 1 is 1.39 bits per heavy atom. The van der Waals surface area contributed by atoms with Crippen molar-refractivity contribution in [2.75, 3.05) is 11.9 Å². The average Bonchev–Trinajstić information content (AvgIpc) is 2.91. The first kappa shape index (κ1) is 21.6. The summed E-state index contributed by atoms with van der Waals surface area (Å²) >= 11 is 0. The van der Waals surface area contributed by atoms with Crippen LogP contribution >= 0.6 is 0 Å². The molecule has 2 rings (SSSR count). The van der Waals surface area contributed by atoms with Gasteiger partial charge in [0.25, 0.3) is 5.91 Å². The Morgan fingerprint density at radius 2 is 2.07 bits per heavy atom. The number of carbonyl (C=O) groups excluding carboxylic acids is 1. The van der Waals surface area contributed by atoms with Crippen LogP contribution in [0.25, 0.3) is 0 Å². The van der Waals surface area contributed by atoms with Crippen LogP contribution in [0.1, 0.15) is 23.0 Å². The number of rotatable bonds is 7. The van der Waals surface area contributed by atoms with E-state index in [9.17, 15) is 22.0 Å². The smallest absolute Gasteiger partial charge is 0.390 e. The summed E-state index contributed by atoms with van der Waals surface area (Å²) in [5.74, 6) is -2.98. The lowest BCUT2D eigenvalue weighted by atomic mass is 9.91. The highest BCUT2D eigenvalue weighted by Crippen LogP contribution is 2.22. The van der Waals surface area contributed by atoms with Crippen molar-refractivity contribution in [2.45, 2.75) is 18.6 Å². The molecule has 148 valence electrons. The molecule has 0 aliphatic carbocycles. The summed E-state index contributed by atoms with van der Waals surface area (Å²) in [4.78, 5) is 11.7. The minimum absolute atomic E-state index is 0.0519. The molecule has 1 heterocycles. The summed E-state index contributed by atoms with van der Waals surface area (Å²) in [6, 6.07) is 4.87. The van der Waals surface area contributed by atoms with Crippen molar-refractivity contribution >= 4 is 28.7 Å².